The molecule has 0 aliphatic carbocycles. The van der Waals surface area contributed by atoms with Crippen LogP contribution >= 0.6 is 12.4 Å². The summed E-state index contributed by atoms with van der Waals surface area (Å²) in [5, 5.41) is 3.34. The Labute approximate surface area is 126 Å². The first kappa shape index (κ1) is 17.0. The van der Waals surface area contributed by atoms with Gasteiger partial charge < -0.3 is 10.1 Å². The Morgan fingerprint density at radius 2 is 2.15 bits per heavy atom. The fourth-order valence-electron chi connectivity index (χ4n) is 2.53. The highest BCUT2D eigenvalue weighted by atomic mass is 35.5. The molecule has 2 rings (SSSR count). The van der Waals surface area contributed by atoms with E-state index < -0.39 is 0 Å². The number of nitrogens with zero attached hydrogens (tertiary/aromatic N) is 1. The van der Waals surface area contributed by atoms with Crippen molar-refractivity contribution in [2.45, 2.75) is 12.5 Å². The summed E-state index contributed by atoms with van der Waals surface area (Å²) in [5.74, 6) is -0.00869. The summed E-state index contributed by atoms with van der Waals surface area (Å²) in [6.07, 6.45) is 2.78. The van der Waals surface area contributed by atoms with Gasteiger partial charge in [-0.15, -0.1) is 19.0 Å². The zero-order valence-corrected chi connectivity index (χ0v) is 12.6. The molecule has 1 N–H and O–H groups in total. The predicted octanol–water partition coefficient (Wildman–Crippen LogP) is 2.78. The van der Waals surface area contributed by atoms with Crippen molar-refractivity contribution in [2.75, 3.05) is 33.3 Å². The van der Waals surface area contributed by atoms with Crippen LogP contribution in [0.3, 0.4) is 0 Å². The van der Waals surface area contributed by atoms with Crippen LogP contribution in [0.1, 0.15) is 18.0 Å². The molecule has 1 heterocycles. The van der Waals surface area contributed by atoms with Gasteiger partial charge in [-0.3, -0.25) is 4.90 Å². The summed E-state index contributed by atoms with van der Waals surface area (Å²) in [5.41, 5.74) is 1.08. The van der Waals surface area contributed by atoms with E-state index in [2.05, 4.69) is 16.8 Å². The molecule has 3 nitrogen and oxygen atoms in total. The Balaban J connectivity index is 0.00000200. The van der Waals surface area contributed by atoms with Gasteiger partial charge in [0.1, 0.15) is 0 Å². The minimum atomic E-state index is -0.316. The van der Waals surface area contributed by atoms with E-state index in [1.165, 1.54) is 13.2 Å². The van der Waals surface area contributed by atoms with Crippen LogP contribution in [0.2, 0.25) is 0 Å². The van der Waals surface area contributed by atoms with Crippen molar-refractivity contribution in [1.29, 1.82) is 0 Å². The zero-order chi connectivity index (χ0) is 13.7. The van der Waals surface area contributed by atoms with E-state index in [4.69, 9.17) is 4.74 Å². The summed E-state index contributed by atoms with van der Waals surface area (Å²) in [4.78, 5) is 2.41. The number of piperazine rings is 1. The molecule has 1 aliphatic rings. The summed E-state index contributed by atoms with van der Waals surface area (Å²) < 4.78 is 18.6. The third kappa shape index (κ3) is 3.95. The lowest BCUT2D eigenvalue weighted by Gasteiger charge is -2.35. The standard InChI is InChI=1S/C15H21FN2O.ClH/c1-3-4-14(18-9-7-17-8-10-18)12-5-6-13(16)15(11-12)19-2;/h3,5-6,11,14,17H,1,4,7-10H2,2H3;1H/t14-;/m0./s1. The molecule has 0 bridgehead atoms. The summed E-state index contributed by atoms with van der Waals surface area (Å²) >= 11 is 0. The summed E-state index contributed by atoms with van der Waals surface area (Å²) in [6.45, 7) is 7.81. The second-order valence-corrected chi connectivity index (χ2v) is 4.72. The molecular weight excluding hydrogens is 279 g/mol. The molecule has 0 unspecified atom stereocenters. The highest BCUT2D eigenvalue weighted by Gasteiger charge is 2.22. The van der Waals surface area contributed by atoms with Crippen molar-refractivity contribution in [3.05, 3.63) is 42.2 Å². The highest BCUT2D eigenvalue weighted by molar-refractivity contribution is 5.85. The molecule has 1 aliphatic heterocycles. The zero-order valence-electron chi connectivity index (χ0n) is 11.8. The molecule has 5 heteroatoms. The van der Waals surface area contributed by atoms with E-state index >= 15 is 0 Å². The van der Waals surface area contributed by atoms with Crippen LogP contribution in [-0.2, 0) is 0 Å². The van der Waals surface area contributed by atoms with Gasteiger partial charge in [-0.1, -0.05) is 12.1 Å². The first-order valence-corrected chi connectivity index (χ1v) is 6.65. The highest BCUT2D eigenvalue weighted by Crippen LogP contribution is 2.29. The first-order valence-electron chi connectivity index (χ1n) is 6.65. The third-order valence-electron chi connectivity index (χ3n) is 3.54. The molecule has 20 heavy (non-hydrogen) atoms. The molecule has 0 saturated carbocycles. The molecule has 0 amide bonds. The number of ether oxygens (including phenoxy) is 1. The van der Waals surface area contributed by atoms with Crippen molar-refractivity contribution in [3.63, 3.8) is 0 Å². The molecule has 0 aromatic heterocycles. The fraction of sp³-hybridized carbons (Fsp3) is 0.467. The number of halogens is 2. The van der Waals surface area contributed by atoms with Gasteiger partial charge in [-0.05, 0) is 24.1 Å². The fourth-order valence-corrected chi connectivity index (χ4v) is 2.53. The van der Waals surface area contributed by atoms with Gasteiger partial charge in [0.25, 0.3) is 0 Å². The van der Waals surface area contributed by atoms with Crippen LogP contribution < -0.4 is 10.1 Å². The number of nitrogens with one attached hydrogen (secondary N) is 1. The number of hydrogen-bond acceptors (Lipinski definition) is 3. The normalized spacial score (nSPS) is 17.1. The van der Waals surface area contributed by atoms with Crippen LogP contribution in [0.5, 0.6) is 5.75 Å². The molecule has 112 valence electrons. The van der Waals surface area contributed by atoms with E-state index in [1.54, 1.807) is 6.07 Å². The molecule has 1 saturated heterocycles. The maximum Gasteiger partial charge on any atom is 0.165 e. The lowest BCUT2D eigenvalue weighted by atomic mass is 10.0. The van der Waals surface area contributed by atoms with Crippen molar-refractivity contribution in [2.24, 2.45) is 0 Å². The minimum absolute atomic E-state index is 0. The topological polar surface area (TPSA) is 24.5 Å². The quantitative estimate of drug-likeness (QED) is 0.846. The summed E-state index contributed by atoms with van der Waals surface area (Å²) in [6, 6.07) is 5.36. The molecule has 1 atom stereocenters. The van der Waals surface area contributed by atoms with Gasteiger partial charge >= 0.3 is 0 Å². The SMILES string of the molecule is C=CC[C@@H](c1ccc(F)c(OC)c1)N1CCNCC1.Cl. The first-order chi connectivity index (χ1) is 9.26. The number of hydrogen-bond donors (Lipinski definition) is 1. The monoisotopic (exact) mass is 300 g/mol. The van der Waals surface area contributed by atoms with Gasteiger partial charge in [-0.25, -0.2) is 4.39 Å². The van der Waals surface area contributed by atoms with E-state index in [1.807, 2.05) is 12.1 Å². The molecule has 1 aromatic carbocycles. The van der Waals surface area contributed by atoms with Crippen molar-refractivity contribution < 1.29 is 9.13 Å². The maximum absolute atomic E-state index is 13.5. The van der Waals surface area contributed by atoms with Gasteiger partial charge in [0.05, 0.1) is 7.11 Å². The van der Waals surface area contributed by atoms with Crippen LogP contribution in [0, 0.1) is 5.82 Å². The van der Waals surface area contributed by atoms with Crippen molar-refractivity contribution in [1.82, 2.24) is 10.2 Å². The average Bonchev–Trinajstić information content (AvgIpc) is 2.46. The predicted molar refractivity (Wildman–Crippen MR) is 82.2 cm³/mol. The van der Waals surface area contributed by atoms with Gasteiger partial charge in [0.2, 0.25) is 0 Å². The molecular formula is C15H22ClFN2O. The molecule has 1 fully saturated rings. The Hall–Kier alpha value is -1.10. The second-order valence-electron chi connectivity index (χ2n) is 4.72. The largest absolute Gasteiger partial charge is 0.494 e. The summed E-state index contributed by atoms with van der Waals surface area (Å²) in [7, 11) is 1.50. The average molecular weight is 301 g/mol. The Bertz CT molecular complexity index is 436. The molecule has 0 spiro atoms. The van der Waals surface area contributed by atoms with Crippen LogP contribution in [0.25, 0.3) is 0 Å². The maximum atomic E-state index is 13.5. The Kier molecular flexibility index (Phi) is 6.99. The van der Waals surface area contributed by atoms with E-state index in [0.29, 0.717) is 5.75 Å². The Morgan fingerprint density at radius 3 is 2.75 bits per heavy atom. The number of benzene rings is 1. The van der Waals surface area contributed by atoms with Crippen molar-refractivity contribution >= 4 is 12.4 Å². The third-order valence-corrected chi connectivity index (χ3v) is 3.54. The molecule has 1 aromatic rings. The second kappa shape index (κ2) is 8.25. The van der Waals surface area contributed by atoms with Crippen LogP contribution in [0.15, 0.2) is 30.9 Å². The van der Waals surface area contributed by atoms with Crippen LogP contribution in [-0.4, -0.2) is 38.2 Å². The lowest BCUT2D eigenvalue weighted by Crippen LogP contribution is -2.45. The van der Waals surface area contributed by atoms with Gasteiger partial charge in [-0.2, -0.15) is 0 Å². The van der Waals surface area contributed by atoms with E-state index in [0.717, 1.165) is 38.2 Å². The van der Waals surface area contributed by atoms with E-state index in [-0.39, 0.29) is 24.3 Å². The van der Waals surface area contributed by atoms with Gasteiger partial charge in [0, 0.05) is 32.2 Å². The van der Waals surface area contributed by atoms with Gasteiger partial charge in [0.15, 0.2) is 11.6 Å². The van der Waals surface area contributed by atoms with Crippen LogP contribution in [0.4, 0.5) is 4.39 Å². The minimum Gasteiger partial charge on any atom is -0.494 e. The lowest BCUT2D eigenvalue weighted by molar-refractivity contribution is 0.174. The Morgan fingerprint density at radius 1 is 1.45 bits per heavy atom. The molecule has 0 radical (unpaired) electrons. The number of methoxy groups -OCH3 is 1. The smallest absolute Gasteiger partial charge is 0.165 e. The number of rotatable bonds is 5. The van der Waals surface area contributed by atoms with Crippen molar-refractivity contribution in [3.8, 4) is 5.75 Å². The van der Waals surface area contributed by atoms with E-state index in [9.17, 15) is 4.39 Å².